The van der Waals surface area contributed by atoms with Crippen LogP contribution in [0.5, 0.6) is 23.0 Å². The first kappa shape index (κ1) is 31.4. The maximum atomic E-state index is 13.3. The lowest BCUT2D eigenvalue weighted by atomic mass is 10.1. The molecule has 3 aromatic rings. The Labute approximate surface area is 254 Å². The third-order valence-electron chi connectivity index (χ3n) is 6.10. The molecular weight excluding hydrogens is 600 g/mol. The molecule has 0 radical (unpaired) electrons. The number of nitrogens with one attached hydrogen (secondary N) is 1. The summed E-state index contributed by atoms with van der Waals surface area (Å²) < 4.78 is 47.5. The minimum atomic E-state index is -4.22. The van der Waals surface area contributed by atoms with Crippen molar-refractivity contribution in [1.82, 2.24) is 10.2 Å². The van der Waals surface area contributed by atoms with Crippen molar-refractivity contribution in [1.29, 1.82) is 0 Å². The largest absolute Gasteiger partial charge is 0.493 e. The number of benzene rings is 3. The fourth-order valence-corrected chi connectivity index (χ4v) is 5.11. The Kier molecular flexibility index (Phi) is 9.94. The van der Waals surface area contributed by atoms with Gasteiger partial charge >= 0.3 is 16.1 Å². The number of methoxy groups -OCH3 is 1. The number of halogens is 1. The fourth-order valence-electron chi connectivity index (χ4n) is 4.05. The van der Waals surface area contributed by atoms with Crippen molar-refractivity contribution in [2.75, 3.05) is 20.3 Å². The minimum absolute atomic E-state index is 0.0588. The van der Waals surface area contributed by atoms with Gasteiger partial charge in [0.25, 0.3) is 11.8 Å². The van der Waals surface area contributed by atoms with Crippen LogP contribution in [-0.2, 0) is 26.3 Å². The summed E-state index contributed by atoms with van der Waals surface area (Å²) >= 11 is 5.85. The van der Waals surface area contributed by atoms with Gasteiger partial charge in [-0.2, -0.15) is 8.42 Å². The first-order chi connectivity index (χ1) is 20.6. The number of nitrogens with zero attached hydrogens (tertiary/aromatic N) is 1. The van der Waals surface area contributed by atoms with Crippen LogP contribution in [0, 0.1) is 0 Å². The van der Waals surface area contributed by atoms with Gasteiger partial charge in [0.05, 0.1) is 26.9 Å². The zero-order valence-electron chi connectivity index (χ0n) is 23.6. The van der Waals surface area contributed by atoms with Crippen molar-refractivity contribution in [3.63, 3.8) is 0 Å². The second-order valence-corrected chi connectivity index (χ2v) is 11.2. The summed E-state index contributed by atoms with van der Waals surface area (Å²) in [5.74, 6) is -0.777. The monoisotopic (exact) mass is 628 g/mol. The zero-order valence-corrected chi connectivity index (χ0v) is 25.2. The maximum Gasteiger partial charge on any atom is 0.339 e. The summed E-state index contributed by atoms with van der Waals surface area (Å²) in [5, 5.41) is 2.54. The highest BCUT2D eigenvalue weighted by molar-refractivity contribution is 7.87. The number of amides is 4. The molecule has 13 heteroatoms. The Morgan fingerprint density at radius 3 is 2.28 bits per heavy atom. The van der Waals surface area contributed by atoms with Gasteiger partial charge in [-0.15, -0.1) is 0 Å². The molecule has 0 aliphatic carbocycles. The minimum Gasteiger partial charge on any atom is -0.493 e. The van der Waals surface area contributed by atoms with E-state index < -0.39 is 28.0 Å². The van der Waals surface area contributed by atoms with Crippen LogP contribution in [0.3, 0.4) is 0 Å². The topological polar surface area (TPSA) is 138 Å². The smallest absolute Gasteiger partial charge is 0.339 e. The van der Waals surface area contributed by atoms with Gasteiger partial charge in [0.1, 0.15) is 10.5 Å². The van der Waals surface area contributed by atoms with Gasteiger partial charge in [-0.1, -0.05) is 30.7 Å². The molecule has 0 saturated carbocycles. The zero-order chi connectivity index (χ0) is 31.1. The van der Waals surface area contributed by atoms with Crippen LogP contribution in [-0.4, -0.2) is 51.5 Å². The molecule has 4 rings (SSSR count). The number of rotatable bonds is 12. The summed E-state index contributed by atoms with van der Waals surface area (Å²) in [7, 11) is -2.74. The molecule has 11 nitrogen and oxygen atoms in total. The third-order valence-corrected chi connectivity index (χ3v) is 7.60. The highest BCUT2D eigenvalue weighted by Gasteiger charge is 2.36. The number of ether oxygens (including phenoxy) is 3. The van der Waals surface area contributed by atoms with E-state index in [1.54, 1.807) is 25.1 Å². The Morgan fingerprint density at radius 2 is 1.60 bits per heavy atom. The van der Waals surface area contributed by atoms with Crippen molar-refractivity contribution in [3.8, 4) is 23.0 Å². The molecule has 0 spiro atoms. The molecule has 1 N–H and O–H groups in total. The van der Waals surface area contributed by atoms with Gasteiger partial charge in [0.2, 0.25) is 0 Å². The van der Waals surface area contributed by atoms with Gasteiger partial charge in [-0.05, 0) is 79.1 Å². The highest BCUT2D eigenvalue weighted by atomic mass is 35.5. The second-order valence-electron chi connectivity index (χ2n) is 9.17. The number of urea groups is 1. The molecule has 1 fully saturated rings. The lowest BCUT2D eigenvalue weighted by molar-refractivity contribution is -0.130. The number of carbonyl (C=O) groups excluding carboxylic acids is 3. The van der Waals surface area contributed by atoms with Gasteiger partial charge in [0.15, 0.2) is 23.0 Å². The average Bonchev–Trinajstić information content (AvgIpc) is 2.98. The van der Waals surface area contributed by atoms with Crippen LogP contribution in [0.15, 0.2) is 71.1 Å². The molecular formula is C30H29ClN2O9S. The van der Waals surface area contributed by atoms with E-state index >= 15 is 0 Å². The Hall–Kier alpha value is -4.55. The standard InChI is InChI=1S/C30H29ClN2O9S/c1-4-14-41-24-12-7-20(17-26(24)39-3)18-33-29(35)23(28(34)32-30(33)36)15-19-6-13-25(27(16-19)40-5-2)42-43(37,38)22-10-8-21(31)9-11-22/h6-13,15-17H,4-5,14,18H2,1-3H3,(H,32,34,36)/b23-15+. The maximum absolute atomic E-state index is 13.3. The van der Waals surface area contributed by atoms with E-state index in [1.807, 2.05) is 6.92 Å². The summed E-state index contributed by atoms with van der Waals surface area (Å²) in [6.07, 6.45) is 2.08. The molecule has 43 heavy (non-hydrogen) atoms. The average molecular weight is 629 g/mol. The van der Waals surface area contributed by atoms with Crippen molar-refractivity contribution < 1.29 is 41.2 Å². The lowest BCUT2D eigenvalue weighted by Gasteiger charge is -2.26. The lowest BCUT2D eigenvalue weighted by Crippen LogP contribution is -2.53. The number of carbonyl (C=O) groups is 3. The number of hydrogen-bond acceptors (Lipinski definition) is 9. The van der Waals surface area contributed by atoms with Crippen LogP contribution >= 0.6 is 11.6 Å². The van der Waals surface area contributed by atoms with E-state index in [0.717, 1.165) is 11.3 Å². The SMILES string of the molecule is CCCOc1ccc(CN2C(=O)NC(=O)/C(=C\c3ccc(OS(=O)(=O)c4ccc(Cl)cc4)c(OCC)c3)C2=O)cc1OC. The predicted octanol–water partition coefficient (Wildman–Crippen LogP) is 4.97. The molecule has 1 aliphatic heterocycles. The Morgan fingerprint density at radius 1 is 0.884 bits per heavy atom. The summed E-state index contributed by atoms with van der Waals surface area (Å²) in [5.41, 5.74) is 0.589. The molecule has 0 unspecified atom stereocenters. The molecule has 0 aromatic heterocycles. The molecule has 0 atom stereocenters. The molecule has 1 saturated heterocycles. The van der Waals surface area contributed by atoms with Gasteiger partial charge in [-0.25, -0.2) is 4.79 Å². The van der Waals surface area contributed by atoms with E-state index in [2.05, 4.69) is 5.32 Å². The van der Waals surface area contributed by atoms with E-state index in [1.165, 1.54) is 55.7 Å². The van der Waals surface area contributed by atoms with Gasteiger partial charge in [0, 0.05) is 5.02 Å². The van der Waals surface area contributed by atoms with Crippen LogP contribution in [0.4, 0.5) is 4.79 Å². The van der Waals surface area contributed by atoms with Gasteiger partial charge < -0.3 is 18.4 Å². The summed E-state index contributed by atoms with van der Waals surface area (Å²) in [6, 6.07) is 13.8. The van der Waals surface area contributed by atoms with Crippen LogP contribution in [0.1, 0.15) is 31.4 Å². The van der Waals surface area contributed by atoms with Crippen molar-refractivity contribution >= 4 is 45.6 Å². The molecule has 1 heterocycles. The first-order valence-corrected chi connectivity index (χ1v) is 15.0. The molecule has 3 aromatic carbocycles. The predicted molar refractivity (Wildman–Crippen MR) is 158 cm³/mol. The molecule has 4 amide bonds. The van der Waals surface area contributed by atoms with E-state index in [9.17, 15) is 22.8 Å². The highest BCUT2D eigenvalue weighted by Crippen LogP contribution is 2.33. The van der Waals surface area contributed by atoms with Crippen molar-refractivity contribution in [2.45, 2.75) is 31.7 Å². The van der Waals surface area contributed by atoms with E-state index in [0.29, 0.717) is 34.3 Å². The number of imide groups is 2. The van der Waals surface area contributed by atoms with Crippen molar-refractivity contribution in [3.05, 3.63) is 82.4 Å². The first-order valence-electron chi connectivity index (χ1n) is 13.2. The van der Waals surface area contributed by atoms with E-state index in [4.69, 9.17) is 30.0 Å². The third kappa shape index (κ3) is 7.46. The second kappa shape index (κ2) is 13.6. The van der Waals surface area contributed by atoms with Crippen LogP contribution in [0.2, 0.25) is 5.02 Å². The molecule has 1 aliphatic rings. The van der Waals surface area contributed by atoms with Crippen LogP contribution in [0.25, 0.3) is 6.08 Å². The quantitative estimate of drug-likeness (QED) is 0.167. The molecule has 0 bridgehead atoms. The van der Waals surface area contributed by atoms with Gasteiger partial charge in [-0.3, -0.25) is 19.8 Å². The molecule has 226 valence electrons. The summed E-state index contributed by atoms with van der Waals surface area (Å²) in [4.78, 5) is 39.4. The Balaban J connectivity index is 1.59. The fraction of sp³-hybridized carbons (Fsp3) is 0.233. The van der Waals surface area contributed by atoms with Crippen molar-refractivity contribution in [2.24, 2.45) is 0 Å². The summed E-state index contributed by atoms with van der Waals surface area (Å²) in [6.45, 7) is 4.20. The van der Waals surface area contributed by atoms with E-state index in [-0.39, 0.29) is 35.1 Å². The normalized spacial score (nSPS) is 14.5. The van der Waals surface area contributed by atoms with Crippen LogP contribution < -0.4 is 23.7 Å². The Bertz CT molecular complexity index is 1670. The number of hydrogen-bond donors (Lipinski definition) is 1. The number of barbiturate groups is 1.